The highest BCUT2D eigenvalue weighted by Gasteiger charge is 2.71. The molecule has 0 saturated heterocycles. The number of fused-ring (bicyclic) bond motifs is 3. The lowest BCUT2D eigenvalue weighted by Crippen LogP contribution is -2.70. The van der Waals surface area contributed by atoms with Crippen LogP contribution in [-0.4, -0.2) is 103 Å². The molecule has 0 heterocycles. The molecule has 3 aliphatic rings. The van der Waals surface area contributed by atoms with Crippen LogP contribution in [-0.2, 0) is 57.2 Å². The quantitative estimate of drug-likeness (QED) is 0.198. The van der Waals surface area contributed by atoms with E-state index in [0.717, 1.165) is 0 Å². The molecular weight excluding hydrogens is 726 g/mol. The van der Waals surface area contributed by atoms with E-state index < -0.39 is 107 Å². The van der Waals surface area contributed by atoms with E-state index in [2.05, 4.69) is 6.58 Å². The molecule has 11 atom stereocenters. The van der Waals surface area contributed by atoms with E-state index >= 15 is 0 Å². The summed E-state index contributed by atoms with van der Waals surface area (Å²) in [6.45, 7) is 19.6. The van der Waals surface area contributed by atoms with Crippen LogP contribution in [0.2, 0.25) is 0 Å². The second-order valence-electron chi connectivity index (χ2n) is 16.5. The second kappa shape index (κ2) is 16.5. The summed E-state index contributed by atoms with van der Waals surface area (Å²) in [6, 6.07) is 8.12. The van der Waals surface area contributed by atoms with Gasteiger partial charge in [-0.25, -0.2) is 4.79 Å². The summed E-state index contributed by atoms with van der Waals surface area (Å²) in [6.07, 6.45) is -9.14. The third kappa shape index (κ3) is 8.13. The number of esters is 6. The minimum absolute atomic E-state index is 0.112. The van der Waals surface area contributed by atoms with Crippen LogP contribution in [0.5, 0.6) is 0 Å². The monoisotopic (exact) mass is 783 g/mol. The van der Waals surface area contributed by atoms with Gasteiger partial charge in [-0.15, -0.1) is 0 Å². The number of nitrogens with zero attached hydrogens (tertiary/aromatic N) is 1. The summed E-state index contributed by atoms with van der Waals surface area (Å²) in [7, 11) is 3.42. The van der Waals surface area contributed by atoms with Crippen molar-refractivity contribution in [3.63, 3.8) is 0 Å². The van der Waals surface area contributed by atoms with Crippen LogP contribution in [0.15, 0.2) is 53.6 Å². The van der Waals surface area contributed by atoms with Gasteiger partial charge in [0.05, 0.1) is 11.5 Å². The lowest BCUT2D eigenvalue weighted by Gasteiger charge is -2.64. The van der Waals surface area contributed by atoms with Crippen molar-refractivity contribution in [3.8, 4) is 0 Å². The predicted octanol–water partition coefficient (Wildman–Crippen LogP) is 4.57. The normalized spacial score (nSPS) is 32.0. The maximum atomic E-state index is 14.0. The van der Waals surface area contributed by atoms with E-state index in [1.165, 1.54) is 34.6 Å². The molecule has 4 rings (SSSR count). The molecular formula is C42H57NO13. The Hall–Kier alpha value is -4.56. The molecule has 0 unspecified atom stereocenters. The van der Waals surface area contributed by atoms with E-state index in [9.17, 15) is 33.9 Å². The maximum absolute atomic E-state index is 14.0. The maximum Gasteiger partial charge on any atom is 0.337 e. The number of hydrogen-bond acceptors (Lipinski definition) is 14. The number of benzene rings is 1. The highest BCUT2D eigenvalue weighted by atomic mass is 16.6. The molecule has 308 valence electrons. The molecule has 1 aromatic rings. The molecule has 14 nitrogen and oxygen atoms in total. The van der Waals surface area contributed by atoms with E-state index in [0.29, 0.717) is 16.7 Å². The molecule has 56 heavy (non-hydrogen) atoms. The zero-order valence-corrected chi connectivity index (χ0v) is 34.5. The average Bonchev–Trinajstić information content (AvgIpc) is 3.06. The van der Waals surface area contributed by atoms with Crippen molar-refractivity contribution in [1.29, 1.82) is 0 Å². The van der Waals surface area contributed by atoms with Crippen LogP contribution in [0.3, 0.4) is 0 Å². The van der Waals surface area contributed by atoms with E-state index in [4.69, 9.17) is 28.4 Å². The minimum atomic E-state index is -1.68. The van der Waals surface area contributed by atoms with E-state index in [1.54, 1.807) is 57.1 Å². The van der Waals surface area contributed by atoms with Crippen molar-refractivity contribution >= 4 is 35.8 Å². The van der Waals surface area contributed by atoms with Gasteiger partial charge in [0.1, 0.15) is 24.4 Å². The SMILES string of the molecule is C=C1[C@@H](OC(=O)[C@H](O)[C@H](c2ccccc2)N(C)C)C[C@H](OC(C)=O)[C@@]2(C)[C@@H](OC(C)=O)[C@H](OC(C)=O)C3=C(C)[C@@H](OC(C)=O)C[C@@](C)([C@@H](OC(C)=O)[C@H]12)C3(C)C. The van der Waals surface area contributed by atoms with Crippen LogP contribution >= 0.6 is 0 Å². The minimum Gasteiger partial charge on any atom is -0.462 e. The molecule has 0 radical (unpaired) electrons. The zero-order valence-electron chi connectivity index (χ0n) is 34.5. The van der Waals surface area contributed by atoms with Gasteiger partial charge in [0.15, 0.2) is 18.3 Å². The van der Waals surface area contributed by atoms with Gasteiger partial charge in [0, 0.05) is 52.4 Å². The summed E-state index contributed by atoms with van der Waals surface area (Å²) in [5.74, 6) is -5.62. The third-order valence-corrected chi connectivity index (χ3v) is 12.3. The molecule has 1 aromatic carbocycles. The topological polar surface area (TPSA) is 181 Å². The number of ether oxygens (including phenoxy) is 6. The molecule has 2 bridgehead atoms. The summed E-state index contributed by atoms with van der Waals surface area (Å²) < 4.78 is 36.7. The Kier molecular flexibility index (Phi) is 13.0. The van der Waals surface area contributed by atoms with E-state index in [-0.39, 0.29) is 18.4 Å². The Balaban J connectivity index is 2.05. The molecule has 0 amide bonds. The number of aliphatic hydroxyl groups is 1. The van der Waals surface area contributed by atoms with E-state index in [1.807, 2.05) is 26.8 Å². The lowest BCUT2D eigenvalue weighted by atomic mass is 9.43. The van der Waals surface area contributed by atoms with Crippen LogP contribution in [0.4, 0.5) is 0 Å². The van der Waals surface area contributed by atoms with Gasteiger partial charge in [0.2, 0.25) is 0 Å². The first-order valence-electron chi connectivity index (χ1n) is 18.8. The summed E-state index contributed by atoms with van der Waals surface area (Å²) in [5, 5.41) is 11.5. The predicted molar refractivity (Wildman–Crippen MR) is 201 cm³/mol. The Morgan fingerprint density at radius 1 is 0.750 bits per heavy atom. The van der Waals surface area contributed by atoms with Crippen LogP contribution in [0, 0.1) is 22.2 Å². The standard InChI is InChI=1S/C42H57NO13/c1-21-29(56-39(50)35(49)34(43(12)13)28-17-15-14-16-18-28)19-31(52-24(4)45)42(11)33(21)37(54-26(6)47)41(10)20-30(51-23(3)44)22(2)32(40(41,8)9)36(53-25(5)46)38(42)55-27(7)48/h14-18,29-31,33-38,49H,1,19-20H2,2-13H3/t29-,30-,31-,33-,34-,35+,36+,37-,38-,41-,42+/m0/s1. The summed E-state index contributed by atoms with van der Waals surface area (Å²) in [4.78, 5) is 80.8. The smallest absolute Gasteiger partial charge is 0.337 e. The van der Waals surface area contributed by atoms with Crippen molar-refractivity contribution in [1.82, 2.24) is 4.90 Å². The Morgan fingerprint density at radius 3 is 1.77 bits per heavy atom. The largest absolute Gasteiger partial charge is 0.462 e. The molecule has 3 aliphatic carbocycles. The summed E-state index contributed by atoms with van der Waals surface area (Å²) in [5.41, 5.74) is -1.96. The van der Waals surface area contributed by atoms with Gasteiger partial charge in [-0.3, -0.25) is 28.9 Å². The van der Waals surface area contributed by atoms with Crippen molar-refractivity contribution in [2.75, 3.05) is 14.1 Å². The van der Waals surface area contributed by atoms with Crippen molar-refractivity contribution < 1.29 is 62.3 Å². The molecule has 2 fully saturated rings. The highest BCUT2D eigenvalue weighted by Crippen LogP contribution is 2.66. The van der Waals surface area contributed by atoms with Gasteiger partial charge in [0.25, 0.3) is 0 Å². The van der Waals surface area contributed by atoms with Crippen LogP contribution in [0.1, 0.15) is 93.7 Å². The third-order valence-electron chi connectivity index (χ3n) is 12.3. The molecule has 0 aliphatic heterocycles. The number of carbonyl (C=O) groups excluding carboxylic acids is 6. The Bertz CT molecular complexity index is 1770. The van der Waals surface area contributed by atoms with Crippen molar-refractivity contribution in [3.05, 3.63) is 59.2 Å². The first-order chi connectivity index (χ1) is 25.9. The van der Waals surface area contributed by atoms with Crippen LogP contribution < -0.4 is 0 Å². The van der Waals surface area contributed by atoms with Gasteiger partial charge in [-0.05, 0) is 55.1 Å². The van der Waals surface area contributed by atoms with Crippen molar-refractivity contribution in [2.24, 2.45) is 22.2 Å². The fraction of sp³-hybridized carbons (Fsp3) is 0.619. The lowest BCUT2D eigenvalue weighted by molar-refractivity contribution is -0.242. The Labute approximate surface area is 328 Å². The first-order valence-corrected chi connectivity index (χ1v) is 18.8. The number of carbonyl (C=O) groups is 6. The fourth-order valence-corrected chi connectivity index (χ4v) is 9.57. The molecule has 1 N–H and O–H groups in total. The van der Waals surface area contributed by atoms with Crippen molar-refractivity contribution in [2.45, 2.75) is 131 Å². The number of hydrogen-bond donors (Lipinski definition) is 1. The summed E-state index contributed by atoms with van der Waals surface area (Å²) >= 11 is 0. The highest BCUT2D eigenvalue weighted by molar-refractivity contribution is 5.76. The molecule has 0 aromatic heterocycles. The van der Waals surface area contributed by atoms with Gasteiger partial charge in [-0.2, -0.15) is 0 Å². The number of likely N-dealkylation sites (N-methyl/N-ethyl adjacent to an activating group) is 1. The molecule has 2 saturated carbocycles. The average molecular weight is 784 g/mol. The number of aliphatic hydroxyl groups excluding tert-OH is 1. The number of rotatable bonds is 10. The van der Waals surface area contributed by atoms with Crippen LogP contribution in [0.25, 0.3) is 0 Å². The molecule has 14 heteroatoms. The zero-order chi connectivity index (χ0) is 42.2. The first kappa shape index (κ1) is 44.2. The van der Waals surface area contributed by atoms with Gasteiger partial charge < -0.3 is 33.5 Å². The van der Waals surface area contributed by atoms with Gasteiger partial charge >= 0.3 is 35.8 Å². The van der Waals surface area contributed by atoms with Gasteiger partial charge in [-0.1, -0.05) is 64.6 Å². The second-order valence-corrected chi connectivity index (χ2v) is 16.5. The molecule has 0 spiro atoms. The Morgan fingerprint density at radius 2 is 1.27 bits per heavy atom. The fourth-order valence-electron chi connectivity index (χ4n) is 9.57.